The van der Waals surface area contributed by atoms with Gasteiger partial charge >= 0.3 is 0 Å². The Hall–Kier alpha value is -0.280. The van der Waals surface area contributed by atoms with Crippen LogP contribution >= 0.6 is 47.2 Å². The molecule has 154 valence electrons. The molecule has 8 heteroatoms. The van der Waals surface area contributed by atoms with Crippen molar-refractivity contribution in [3.05, 3.63) is 33.8 Å². The van der Waals surface area contributed by atoms with Crippen molar-refractivity contribution in [2.75, 3.05) is 32.9 Å². The fraction of sp³-hybridized carbons (Fsp3) is 0.632. The van der Waals surface area contributed by atoms with Gasteiger partial charge in [-0.05, 0) is 50.8 Å². The van der Waals surface area contributed by atoms with Gasteiger partial charge in [0, 0.05) is 32.9 Å². The Morgan fingerprint density at radius 1 is 1.30 bits per heavy atom. The summed E-state index contributed by atoms with van der Waals surface area (Å²) in [6, 6.07) is 5.74. The van der Waals surface area contributed by atoms with Gasteiger partial charge in [0.1, 0.15) is 0 Å². The molecule has 1 unspecified atom stereocenters. The summed E-state index contributed by atoms with van der Waals surface area (Å²) in [6.07, 6.45) is 3.23. The molecule has 1 atom stereocenters. The maximum atomic E-state index is 6.11. The standard InChI is InChI=1S/C19H29Cl2N3O2.HI/c1-3-22-19(23-9-4-10-26-16-7-11-25-12-8-16)24-14(2)15-5-6-17(20)18(21)13-15;/h5-6,13-14,16H,3-4,7-12H2,1-2H3,(H2,22,23,24);1H. The summed E-state index contributed by atoms with van der Waals surface area (Å²) < 4.78 is 11.2. The third-order valence-corrected chi connectivity index (χ3v) is 4.97. The Labute approximate surface area is 189 Å². The van der Waals surface area contributed by atoms with Crippen LogP contribution in [-0.4, -0.2) is 45.0 Å². The van der Waals surface area contributed by atoms with E-state index in [9.17, 15) is 0 Å². The number of rotatable bonds is 8. The summed E-state index contributed by atoms with van der Waals surface area (Å²) in [5, 5.41) is 7.80. The third kappa shape index (κ3) is 9.17. The van der Waals surface area contributed by atoms with Crippen LogP contribution in [0.15, 0.2) is 23.2 Å². The lowest BCUT2D eigenvalue weighted by Crippen LogP contribution is -2.38. The quantitative estimate of drug-likeness (QED) is 0.219. The molecule has 1 aromatic rings. The van der Waals surface area contributed by atoms with Gasteiger partial charge < -0.3 is 20.1 Å². The number of nitrogens with one attached hydrogen (secondary N) is 2. The molecule has 0 radical (unpaired) electrons. The van der Waals surface area contributed by atoms with E-state index in [2.05, 4.69) is 29.5 Å². The van der Waals surface area contributed by atoms with Crippen molar-refractivity contribution in [2.24, 2.45) is 4.99 Å². The molecule has 1 fully saturated rings. The highest BCUT2D eigenvalue weighted by Crippen LogP contribution is 2.25. The second kappa shape index (κ2) is 13.8. The van der Waals surface area contributed by atoms with Gasteiger partial charge in [-0.25, -0.2) is 0 Å². The smallest absolute Gasteiger partial charge is 0.191 e. The molecule has 5 nitrogen and oxygen atoms in total. The molecule has 1 aromatic carbocycles. The molecule has 1 saturated heterocycles. The van der Waals surface area contributed by atoms with Crippen LogP contribution in [0.25, 0.3) is 0 Å². The molecule has 2 rings (SSSR count). The molecule has 1 aliphatic heterocycles. The Morgan fingerprint density at radius 3 is 2.70 bits per heavy atom. The molecule has 2 N–H and O–H groups in total. The number of nitrogens with zero attached hydrogens (tertiary/aromatic N) is 1. The first-order valence-electron chi connectivity index (χ1n) is 9.29. The first kappa shape index (κ1) is 24.8. The number of hydrogen-bond donors (Lipinski definition) is 2. The van der Waals surface area contributed by atoms with Gasteiger partial charge in [0.05, 0.1) is 22.2 Å². The van der Waals surface area contributed by atoms with Crippen LogP contribution < -0.4 is 10.6 Å². The lowest BCUT2D eigenvalue weighted by molar-refractivity contribution is -0.0318. The first-order chi connectivity index (χ1) is 12.6. The minimum atomic E-state index is 0. The van der Waals surface area contributed by atoms with Gasteiger partial charge in [-0.3, -0.25) is 4.99 Å². The first-order valence-corrected chi connectivity index (χ1v) is 10.0. The largest absolute Gasteiger partial charge is 0.381 e. The highest BCUT2D eigenvalue weighted by molar-refractivity contribution is 14.0. The number of halogens is 3. The van der Waals surface area contributed by atoms with Crippen molar-refractivity contribution in [1.82, 2.24) is 10.6 Å². The number of benzene rings is 1. The molecule has 0 saturated carbocycles. The molecule has 0 aliphatic carbocycles. The lowest BCUT2D eigenvalue weighted by Gasteiger charge is -2.22. The summed E-state index contributed by atoms with van der Waals surface area (Å²) in [4.78, 5) is 4.63. The monoisotopic (exact) mass is 529 g/mol. The maximum absolute atomic E-state index is 6.11. The van der Waals surface area contributed by atoms with E-state index < -0.39 is 0 Å². The summed E-state index contributed by atoms with van der Waals surface area (Å²) in [5.41, 5.74) is 1.06. The fourth-order valence-corrected chi connectivity index (χ4v) is 3.04. The SMILES string of the molecule is CCNC(=NCCCOC1CCOCC1)NC(C)c1ccc(Cl)c(Cl)c1.I. The Kier molecular flexibility index (Phi) is 12.7. The van der Waals surface area contributed by atoms with Gasteiger partial charge in [-0.1, -0.05) is 29.3 Å². The minimum absolute atomic E-state index is 0. The molecular formula is C19H30Cl2IN3O2. The predicted molar refractivity (Wildman–Crippen MR) is 124 cm³/mol. The minimum Gasteiger partial charge on any atom is -0.381 e. The van der Waals surface area contributed by atoms with Crippen molar-refractivity contribution in [3.8, 4) is 0 Å². The summed E-state index contributed by atoms with van der Waals surface area (Å²) in [7, 11) is 0. The molecule has 1 heterocycles. The van der Waals surface area contributed by atoms with Crippen LogP contribution in [-0.2, 0) is 9.47 Å². The van der Waals surface area contributed by atoms with Gasteiger partial charge in [0.2, 0.25) is 0 Å². The maximum Gasteiger partial charge on any atom is 0.191 e. The third-order valence-electron chi connectivity index (χ3n) is 4.24. The van der Waals surface area contributed by atoms with E-state index in [1.165, 1.54) is 0 Å². The van der Waals surface area contributed by atoms with E-state index in [4.69, 9.17) is 32.7 Å². The topological polar surface area (TPSA) is 54.9 Å². The van der Waals surface area contributed by atoms with Crippen molar-refractivity contribution >= 4 is 53.1 Å². The average Bonchev–Trinajstić information content (AvgIpc) is 2.64. The van der Waals surface area contributed by atoms with Crippen molar-refractivity contribution in [3.63, 3.8) is 0 Å². The Morgan fingerprint density at radius 2 is 2.04 bits per heavy atom. The van der Waals surface area contributed by atoms with Crippen LogP contribution in [0, 0.1) is 0 Å². The highest BCUT2D eigenvalue weighted by Gasteiger charge is 2.13. The van der Waals surface area contributed by atoms with E-state index in [-0.39, 0.29) is 30.0 Å². The van der Waals surface area contributed by atoms with E-state index in [1.54, 1.807) is 0 Å². The summed E-state index contributed by atoms with van der Waals surface area (Å²) in [6.45, 7) is 7.99. The van der Waals surface area contributed by atoms with Crippen molar-refractivity contribution in [1.29, 1.82) is 0 Å². The Balaban J connectivity index is 0.00000364. The van der Waals surface area contributed by atoms with Crippen molar-refractivity contribution < 1.29 is 9.47 Å². The number of hydrogen-bond acceptors (Lipinski definition) is 3. The molecule has 27 heavy (non-hydrogen) atoms. The van der Waals surface area contributed by atoms with E-state index in [0.717, 1.165) is 57.2 Å². The zero-order chi connectivity index (χ0) is 18.8. The second-order valence-electron chi connectivity index (χ2n) is 6.34. The van der Waals surface area contributed by atoms with Crippen LogP contribution in [0.4, 0.5) is 0 Å². The summed E-state index contributed by atoms with van der Waals surface area (Å²) >= 11 is 12.1. The number of guanidine groups is 1. The normalized spacial score (nSPS) is 16.5. The number of ether oxygens (including phenoxy) is 2. The molecule has 0 bridgehead atoms. The molecule has 0 amide bonds. The van der Waals surface area contributed by atoms with Gasteiger partial charge in [-0.15, -0.1) is 24.0 Å². The van der Waals surface area contributed by atoms with E-state index in [1.807, 2.05) is 18.2 Å². The van der Waals surface area contributed by atoms with E-state index in [0.29, 0.717) is 22.7 Å². The van der Waals surface area contributed by atoms with Crippen LogP contribution in [0.2, 0.25) is 10.0 Å². The lowest BCUT2D eigenvalue weighted by atomic mass is 10.1. The highest BCUT2D eigenvalue weighted by atomic mass is 127. The molecule has 0 spiro atoms. The predicted octanol–water partition coefficient (Wildman–Crippen LogP) is 4.81. The molecular weight excluding hydrogens is 500 g/mol. The van der Waals surface area contributed by atoms with Gasteiger partial charge in [0.25, 0.3) is 0 Å². The van der Waals surface area contributed by atoms with Gasteiger partial charge in [-0.2, -0.15) is 0 Å². The van der Waals surface area contributed by atoms with Crippen LogP contribution in [0.3, 0.4) is 0 Å². The molecule has 0 aromatic heterocycles. The average molecular weight is 530 g/mol. The van der Waals surface area contributed by atoms with E-state index >= 15 is 0 Å². The van der Waals surface area contributed by atoms with Gasteiger partial charge in [0.15, 0.2) is 5.96 Å². The second-order valence-corrected chi connectivity index (χ2v) is 7.15. The fourth-order valence-electron chi connectivity index (χ4n) is 2.74. The van der Waals surface area contributed by atoms with Crippen LogP contribution in [0.5, 0.6) is 0 Å². The zero-order valence-corrected chi connectivity index (χ0v) is 19.8. The van der Waals surface area contributed by atoms with Crippen LogP contribution in [0.1, 0.15) is 44.7 Å². The summed E-state index contributed by atoms with van der Waals surface area (Å²) in [5.74, 6) is 0.789. The zero-order valence-electron chi connectivity index (χ0n) is 16.0. The molecule has 1 aliphatic rings. The van der Waals surface area contributed by atoms with Crippen molar-refractivity contribution in [2.45, 2.75) is 45.3 Å². The number of aliphatic imine (C=N–C) groups is 1. The Bertz CT molecular complexity index is 584.